The molecule has 3 rings (SSSR count). The number of nitrogens with zero attached hydrogens (tertiary/aromatic N) is 5. The van der Waals surface area contributed by atoms with Crippen LogP contribution in [0.3, 0.4) is 0 Å². The first-order valence-corrected chi connectivity index (χ1v) is 8.69. The highest BCUT2D eigenvalue weighted by molar-refractivity contribution is 7.98. The van der Waals surface area contributed by atoms with Gasteiger partial charge in [0.1, 0.15) is 22.5 Å². The summed E-state index contributed by atoms with van der Waals surface area (Å²) >= 11 is 1.45. The maximum atomic E-state index is 9.89. The number of nitriles is 1. The van der Waals surface area contributed by atoms with Gasteiger partial charge in [0.25, 0.3) is 0 Å². The number of hydrogen-bond acceptors (Lipinski definition) is 8. The quantitative estimate of drug-likeness (QED) is 0.821. The van der Waals surface area contributed by atoms with Crippen molar-refractivity contribution in [2.75, 3.05) is 20.0 Å². The number of imidazole rings is 1. The zero-order chi connectivity index (χ0) is 17.5. The second kappa shape index (κ2) is 5.97. The summed E-state index contributed by atoms with van der Waals surface area (Å²) in [6.07, 6.45) is 4.40. The minimum Gasteiger partial charge on any atom is -0.394 e. The molecular weight excluding hydrogens is 330 g/mol. The van der Waals surface area contributed by atoms with Gasteiger partial charge >= 0.3 is 0 Å². The normalized spacial score (nSPS) is 33.0. The van der Waals surface area contributed by atoms with Crippen molar-refractivity contribution < 1.29 is 14.6 Å². The lowest BCUT2D eigenvalue weighted by Crippen LogP contribution is -2.44. The third kappa shape index (κ3) is 2.01. The van der Waals surface area contributed by atoms with E-state index in [9.17, 15) is 10.4 Å². The SMILES string of the molecule is CO[C@@]1(c2cnc3c(SC)ncnn23)O[C@H](CO)[C@@H](C)[C@@]1(C)C#N. The Kier molecular flexibility index (Phi) is 4.25. The van der Waals surface area contributed by atoms with Crippen molar-refractivity contribution in [2.45, 2.75) is 30.8 Å². The number of ether oxygens (including phenoxy) is 2. The third-order valence-corrected chi connectivity index (χ3v) is 5.65. The summed E-state index contributed by atoms with van der Waals surface area (Å²) < 4.78 is 13.4. The Bertz CT molecular complexity index is 806. The summed E-state index contributed by atoms with van der Waals surface area (Å²) in [5.74, 6) is -1.64. The maximum absolute atomic E-state index is 9.89. The van der Waals surface area contributed by atoms with Crippen LogP contribution in [0.5, 0.6) is 0 Å². The van der Waals surface area contributed by atoms with Crippen LogP contribution in [0.15, 0.2) is 17.6 Å². The molecule has 9 heteroatoms. The fourth-order valence-electron chi connectivity index (χ4n) is 3.34. The third-order valence-electron chi connectivity index (χ3n) is 4.97. The summed E-state index contributed by atoms with van der Waals surface area (Å²) in [6, 6.07) is 2.33. The zero-order valence-corrected chi connectivity index (χ0v) is 14.7. The zero-order valence-electron chi connectivity index (χ0n) is 13.9. The van der Waals surface area contributed by atoms with Gasteiger partial charge in [-0.05, 0) is 13.2 Å². The molecule has 0 amide bonds. The van der Waals surface area contributed by atoms with Crippen LogP contribution in [-0.2, 0) is 15.3 Å². The average molecular weight is 349 g/mol. The van der Waals surface area contributed by atoms with E-state index in [-0.39, 0.29) is 12.5 Å². The minimum absolute atomic E-state index is 0.203. The van der Waals surface area contributed by atoms with E-state index in [2.05, 4.69) is 21.1 Å². The van der Waals surface area contributed by atoms with E-state index in [4.69, 9.17) is 9.47 Å². The van der Waals surface area contributed by atoms with E-state index >= 15 is 0 Å². The van der Waals surface area contributed by atoms with E-state index in [1.54, 1.807) is 17.6 Å². The van der Waals surface area contributed by atoms with Gasteiger partial charge in [0, 0.05) is 13.0 Å². The molecule has 4 atom stereocenters. The summed E-state index contributed by atoms with van der Waals surface area (Å²) in [6.45, 7) is 3.44. The smallest absolute Gasteiger partial charge is 0.233 e. The molecule has 2 aromatic rings. The van der Waals surface area contributed by atoms with Gasteiger partial charge in [-0.25, -0.2) is 14.5 Å². The number of hydrogen-bond donors (Lipinski definition) is 1. The highest BCUT2D eigenvalue weighted by Crippen LogP contribution is 2.56. The maximum Gasteiger partial charge on any atom is 0.233 e. The van der Waals surface area contributed by atoms with Gasteiger partial charge in [-0.2, -0.15) is 10.4 Å². The summed E-state index contributed by atoms with van der Waals surface area (Å²) in [5, 5.41) is 24.5. The van der Waals surface area contributed by atoms with Gasteiger partial charge in [-0.15, -0.1) is 11.8 Å². The number of thioether (sulfide) groups is 1. The molecule has 24 heavy (non-hydrogen) atoms. The van der Waals surface area contributed by atoms with Crippen molar-refractivity contribution >= 4 is 17.4 Å². The predicted octanol–water partition coefficient (Wildman–Crippen LogP) is 1.20. The number of aliphatic hydroxyl groups is 1. The predicted molar refractivity (Wildman–Crippen MR) is 86.1 cm³/mol. The fourth-order valence-corrected chi connectivity index (χ4v) is 3.81. The van der Waals surface area contributed by atoms with Gasteiger partial charge in [0.05, 0.1) is 25.0 Å². The van der Waals surface area contributed by atoms with E-state index in [1.165, 1.54) is 25.2 Å². The largest absolute Gasteiger partial charge is 0.394 e. The topological polar surface area (TPSA) is 106 Å². The first kappa shape index (κ1) is 17.1. The Morgan fingerprint density at radius 2 is 2.29 bits per heavy atom. The standard InChI is InChI=1S/C15H19N5O3S/c1-9-10(6-21)23-15(22-3,14(9,2)7-16)11-5-17-12-13(24-4)18-8-19-20(11)12/h5,8-10,21H,6H2,1-4H3/t9-,10-,14-,15+/m1/s1. The van der Waals surface area contributed by atoms with Crippen LogP contribution >= 0.6 is 11.8 Å². The van der Waals surface area contributed by atoms with Gasteiger partial charge < -0.3 is 14.6 Å². The molecule has 0 aromatic carbocycles. The molecule has 0 aliphatic carbocycles. The number of fused-ring (bicyclic) bond motifs is 1. The van der Waals surface area contributed by atoms with Crippen LogP contribution in [0.25, 0.3) is 5.65 Å². The summed E-state index contributed by atoms with van der Waals surface area (Å²) in [5.41, 5.74) is 0.0419. The van der Waals surface area contributed by atoms with Crippen LogP contribution < -0.4 is 0 Å². The van der Waals surface area contributed by atoms with E-state index in [1.807, 2.05) is 13.2 Å². The minimum atomic E-state index is -1.39. The van der Waals surface area contributed by atoms with Gasteiger partial charge in [0.15, 0.2) is 5.65 Å². The lowest BCUT2D eigenvalue weighted by atomic mass is 9.72. The number of rotatable bonds is 4. The van der Waals surface area contributed by atoms with Crippen molar-refractivity contribution in [1.82, 2.24) is 19.6 Å². The van der Waals surface area contributed by atoms with Crippen LogP contribution in [0, 0.1) is 22.7 Å². The molecule has 1 aliphatic heterocycles. The van der Waals surface area contributed by atoms with Crippen LogP contribution in [0.1, 0.15) is 19.5 Å². The van der Waals surface area contributed by atoms with Crippen molar-refractivity contribution in [3.8, 4) is 6.07 Å². The molecular formula is C15H19N5O3S. The van der Waals surface area contributed by atoms with E-state index in [0.29, 0.717) is 16.4 Å². The average Bonchev–Trinajstić information content (AvgIpc) is 3.14. The Hall–Kier alpha value is -1.73. The number of aromatic nitrogens is 4. The Morgan fingerprint density at radius 1 is 1.54 bits per heavy atom. The molecule has 2 aromatic heterocycles. The molecule has 0 unspecified atom stereocenters. The first-order valence-electron chi connectivity index (χ1n) is 7.47. The molecule has 3 heterocycles. The molecule has 0 saturated carbocycles. The van der Waals surface area contributed by atoms with Crippen molar-refractivity contribution in [3.63, 3.8) is 0 Å². The molecule has 128 valence electrons. The Labute approximate surface area is 143 Å². The van der Waals surface area contributed by atoms with Crippen LogP contribution in [0.4, 0.5) is 0 Å². The highest BCUT2D eigenvalue weighted by atomic mass is 32.2. The molecule has 0 spiro atoms. The second-order valence-electron chi connectivity index (χ2n) is 5.91. The van der Waals surface area contributed by atoms with Crippen molar-refractivity contribution in [1.29, 1.82) is 5.26 Å². The summed E-state index contributed by atoms with van der Waals surface area (Å²) in [7, 11) is 1.48. The Morgan fingerprint density at radius 3 is 2.88 bits per heavy atom. The first-order chi connectivity index (χ1) is 11.5. The van der Waals surface area contributed by atoms with Crippen LogP contribution in [0.2, 0.25) is 0 Å². The lowest BCUT2D eigenvalue weighted by Gasteiger charge is -2.36. The number of methoxy groups -OCH3 is 1. The van der Waals surface area contributed by atoms with Crippen LogP contribution in [-0.4, -0.2) is 50.8 Å². The van der Waals surface area contributed by atoms with Gasteiger partial charge in [-0.1, -0.05) is 6.92 Å². The molecule has 1 saturated heterocycles. The molecule has 8 nitrogen and oxygen atoms in total. The molecule has 1 N–H and O–H groups in total. The monoisotopic (exact) mass is 349 g/mol. The lowest BCUT2D eigenvalue weighted by molar-refractivity contribution is -0.258. The van der Waals surface area contributed by atoms with Gasteiger partial charge in [-0.3, -0.25) is 0 Å². The van der Waals surface area contributed by atoms with Crippen molar-refractivity contribution in [3.05, 3.63) is 18.2 Å². The Balaban J connectivity index is 2.27. The highest BCUT2D eigenvalue weighted by Gasteiger charge is 2.65. The fraction of sp³-hybridized carbons (Fsp3) is 0.600. The van der Waals surface area contributed by atoms with Gasteiger partial charge in [0.2, 0.25) is 5.79 Å². The second-order valence-corrected chi connectivity index (χ2v) is 6.71. The molecule has 1 aliphatic rings. The van der Waals surface area contributed by atoms with E-state index in [0.717, 1.165) is 0 Å². The summed E-state index contributed by atoms with van der Waals surface area (Å²) in [4.78, 5) is 8.59. The molecule has 0 radical (unpaired) electrons. The molecule has 0 bridgehead atoms. The molecule has 1 fully saturated rings. The number of aliphatic hydroxyl groups excluding tert-OH is 1. The van der Waals surface area contributed by atoms with E-state index < -0.39 is 17.3 Å². The van der Waals surface area contributed by atoms with Crippen molar-refractivity contribution in [2.24, 2.45) is 11.3 Å².